The first-order valence-corrected chi connectivity index (χ1v) is 20.1. The molecular formula is C43H18F4O4S4. The summed E-state index contributed by atoms with van der Waals surface area (Å²) in [5.74, 6) is -5.51. The number of hydrogen-bond donors (Lipinski definition) is 0. The van der Waals surface area contributed by atoms with Gasteiger partial charge in [0.05, 0.1) is 30.3 Å². The molecule has 4 heterocycles. The number of allylic oxidation sites excluding steroid dienone is 2. The van der Waals surface area contributed by atoms with Crippen molar-refractivity contribution in [3.8, 4) is 9.75 Å². The third-order valence-corrected chi connectivity index (χ3v) is 15.7. The van der Waals surface area contributed by atoms with Crippen LogP contribution < -0.4 is 0 Å². The number of Topliss-reactive ketones (excluding diaryl/α,β-unsaturated/α-hetero) is 4. The monoisotopic (exact) mass is 802 g/mol. The number of halogens is 4. The molecule has 8 aromatic rings. The van der Waals surface area contributed by atoms with E-state index in [0.29, 0.717) is 10.8 Å². The first-order chi connectivity index (χ1) is 26.3. The highest BCUT2D eigenvalue weighted by Gasteiger charge is 2.43. The van der Waals surface area contributed by atoms with E-state index in [9.17, 15) is 36.7 Å². The highest BCUT2D eigenvalue weighted by atomic mass is 32.1. The molecule has 266 valence electrons. The summed E-state index contributed by atoms with van der Waals surface area (Å²) in [6.07, 6.45) is 3.20. The minimum Gasteiger partial charge on any atom is -0.288 e. The quantitative estimate of drug-likeness (QED) is 0.0992. The Bertz CT molecular complexity index is 3250. The van der Waals surface area contributed by atoms with Gasteiger partial charge in [0, 0.05) is 58.3 Å². The van der Waals surface area contributed by atoms with Gasteiger partial charge in [0.25, 0.3) is 0 Å². The summed E-state index contributed by atoms with van der Waals surface area (Å²) in [5, 5.41) is 0.955. The molecule has 12 heteroatoms. The summed E-state index contributed by atoms with van der Waals surface area (Å²) in [6.45, 7) is 4.33. The van der Waals surface area contributed by atoms with Crippen LogP contribution in [0.5, 0.6) is 0 Å². The Kier molecular flexibility index (Phi) is 6.52. The van der Waals surface area contributed by atoms with Crippen molar-refractivity contribution >= 4 is 121 Å². The van der Waals surface area contributed by atoms with Crippen LogP contribution in [0, 0.1) is 23.3 Å². The van der Waals surface area contributed by atoms with Gasteiger partial charge in [-0.3, -0.25) is 19.2 Å². The lowest BCUT2D eigenvalue weighted by Crippen LogP contribution is -2.14. The fourth-order valence-electron chi connectivity index (χ4n) is 8.25. The fourth-order valence-corrected chi connectivity index (χ4v) is 14.2. The minimum absolute atomic E-state index is 0.00812. The third kappa shape index (κ3) is 4.42. The average Bonchev–Trinajstić information content (AvgIpc) is 3.97. The summed E-state index contributed by atoms with van der Waals surface area (Å²) in [4.78, 5) is 57.6. The van der Waals surface area contributed by atoms with E-state index in [-0.39, 0.29) is 44.2 Å². The standard InChI is InChI=1S/C43H18F4O4S4/c1-43(2)33-39-31(12-19(52-39)10-26-35(48)22-4-15-7-29(46)30(47)8-16(15)5-23(22)36(26)49)54-41(33)42-34(43)40-32(55-42)13-20(53-40)11-27-37(50)24-6-17-3-18(44)9-28(45)21(17)14-25(24)38(27)51/h3-14H,1-2H3/b27-11-. The summed E-state index contributed by atoms with van der Waals surface area (Å²) < 4.78 is 60.5. The van der Waals surface area contributed by atoms with Crippen molar-refractivity contribution in [2.75, 3.05) is 0 Å². The van der Waals surface area contributed by atoms with E-state index >= 15 is 0 Å². The molecule has 0 fully saturated rings. The highest BCUT2D eigenvalue weighted by Crippen LogP contribution is 2.62. The lowest BCUT2D eigenvalue weighted by molar-refractivity contribution is 0.0975. The Hall–Kier alpha value is -5.40. The smallest absolute Gasteiger partial charge is 0.197 e. The Morgan fingerprint density at radius 3 is 1.40 bits per heavy atom. The molecule has 4 aromatic heterocycles. The van der Waals surface area contributed by atoms with Gasteiger partial charge in [-0.15, -0.1) is 45.3 Å². The van der Waals surface area contributed by atoms with Crippen LogP contribution in [-0.4, -0.2) is 23.1 Å². The van der Waals surface area contributed by atoms with Crippen molar-refractivity contribution in [3.05, 3.63) is 138 Å². The van der Waals surface area contributed by atoms with Gasteiger partial charge in [-0.1, -0.05) is 13.8 Å². The van der Waals surface area contributed by atoms with Gasteiger partial charge in [0.15, 0.2) is 34.8 Å². The molecule has 0 N–H and O–H groups in total. The van der Waals surface area contributed by atoms with E-state index in [1.165, 1.54) is 46.9 Å². The number of ketones is 4. The Balaban J connectivity index is 0.938. The first kappa shape index (κ1) is 33.0. The summed E-state index contributed by atoms with van der Waals surface area (Å²) in [6, 6.07) is 13.5. The minimum atomic E-state index is -1.03. The lowest BCUT2D eigenvalue weighted by atomic mass is 9.84. The van der Waals surface area contributed by atoms with Crippen molar-refractivity contribution in [2.24, 2.45) is 0 Å². The Labute approximate surface area is 323 Å². The second-order valence-electron chi connectivity index (χ2n) is 14.4. The molecule has 0 saturated heterocycles. The van der Waals surface area contributed by atoms with Crippen LogP contribution in [0.2, 0.25) is 0 Å². The van der Waals surface area contributed by atoms with Gasteiger partial charge in [-0.05, 0) is 94.0 Å². The molecule has 0 amide bonds. The average molecular weight is 803 g/mol. The maximum Gasteiger partial charge on any atom is 0.197 e. The van der Waals surface area contributed by atoms with Crippen LogP contribution in [0.3, 0.4) is 0 Å². The van der Waals surface area contributed by atoms with Gasteiger partial charge in [0.2, 0.25) is 0 Å². The zero-order valence-corrected chi connectivity index (χ0v) is 31.5. The van der Waals surface area contributed by atoms with Gasteiger partial charge in [0.1, 0.15) is 11.6 Å². The van der Waals surface area contributed by atoms with E-state index in [4.69, 9.17) is 0 Å². The molecule has 0 aliphatic heterocycles. The molecule has 0 radical (unpaired) electrons. The number of rotatable bonds is 2. The maximum atomic E-state index is 14.5. The second-order valence-corrected chi connectivity index (χ2v) is 18.6. The number of carbonyl (C=O) groups is 4. The van der Waals surface area contributed by atoms with E-state index in [1.54, 1.807) is 34.8 Å². The largest absolute Gasteiger partial charge is 0.288 e. The fraction of sp³-hybridized carbons (Fsp3) is 0.0698. The van der Waals surface area contributed by atoms with Crippen LogP contribution >= 0.6 is 45.3 Å². The number of hydrogen-bond acceptors (Lipinski definition) is 8. The van der Waals surface area contributed by atoms with Crippen molar-refractivity contribution in [3.63, 3.8) is 0 Å². The topological polar surface area (TPSA) is 68.3 Å². The summed E-state index contributed by atoms with van der Waals surface area (Å²) in [5.41, 5.74) is 2.45. The SMILES string of the molecule is CC1(C)c2c(sc3cc(C=C4C(=O)c5cc6cc(F)c(F)cc6cc5C4=O)sc23)-c2sc3cc(/C=C4/C(=O)c5cc6cc(F)cc(F)c6cc5C4=O)sc3c21. The molecule has 0 atom stereocenters. The van der Waals surface area contributed by atoms with Crippen molar-refractivity contribution in [2.45, 2.75) is 19.3 Å². The van der Waals surface area contributed by atoms with Gasteiger partial charge < -0.3 is 0 Å². The summed E-state index contributed by atoms with van der Waals surface area (Å²) >= 11 is 6.30. The molecule has 4 aromatic carbocycles. The molecule has 3 aliphatic rings. The van der Waals surface area contributed by atoms with E-state index < -0.39 is 51.8 Å². The van der Waals surface area contributed by atoms with E-state index in [1.807, 2.05) is 12.1 Å². The highest BCUT2D eigenvalue weighted by molar-refractivity contribution is 7.35. The zero-order chi connectivity index (χ0) is 38.0. The number of fused-ring (bicyclic) bond motifs is 11. The molecule has 3 aliphatic carbocycles. The van der Waals surface area contributed by atoms with Crippen LogP contribution in [0.4, 0.5) is 17.6 Å². The van der Waals surface area contributed by atoms with E-state index in [2.05, 4.69) is 13.8 Å². The first-order valence-electron chi connectivity index (χ1n) is 16.9. The predicted molar refractivity (Wildman–Crippen MR) is 212 cm³/mol. The Morgan fingerprint density at radius 1 is 0.491 bits per heavy atom. The lowest BCUT2D eigenvalue weighted by Gasteiger charge is -2.19. The maximum absolute atomic E-state index is 14.5. The number of thiophene rings is 4. The molecule has 0 bridgehead atoms. The molecule has 0 unspecified atom stereocenters. The second kappa shape index (κ2) is 10.9. The summed E-state index contributed by atoms with van der Waals surface area (Å²) in [7, 11) is 0. The predicted octanol–water partition coefficient (Wildman–Crippen LogP) is 12.3. The van der Waals surface area contributed by atoms with Gasteiger partial charge in [-0.25, -0.2) is 17.6 Å². The molecule has 0 spiro atoms. The van der Waals surface area contributed by atoms with Crippen molar-refractivity contribution in [1.82, 2.24) is 0 Å². The van der Waals surface area contributed by atoms with Crippen LogP contribution in [0.15, 0.2) is 71.8 Å². The number of benzene rings is 4. The van der Waals surface area contributed by atoms with Gasteiger partial charge in [-0.2, -0.15) is 0 Å². The van der Waals surface area contributed by atoms with Crippen molar-refractivity contribution < 1.29 is 36.7 Å². The number of carbonyl (C=O) groups excluding carboxylic acids is 4. The molecule has 11 rings (SSSR count). The molecule has 55 heavy (non-hydrogen) atoms. The molecule has 0 saturated carbocycles. The van der Waals surface area contributed by atoms with Crippen LogP contribution in [-0.2, 0) is 5.41 Å². The third-order valence-electron chi connectivity index (χ3n) is 10.8. The zero-order valence-electron chi connectivity index (χ0n) is 28.2. The Morgan fingerprint density at radius 2 is 0.927 bits per heavy atom. The van der Waals surface area contributed by atoms with Gasteiger partial charge >= 0.3 is 0 Å². The molecule has 4 nitrogen and oxygen atoms in total. The van der Waals surface area contributed by atoms with Crippen molar-refractivity contribution in [1.29, 1.82) is 0 Å². The van der Waals surface area contributed by atoms with Crippen LogP contribution in [0.1, 0.15) is 76.2 Å². The normalized spacial score (nSPS) is 16.5. The van der Waals surface area contributed by atoms with E-state index in [0.717, 1.165) is 73.7 Å². The molecular weight excluding hydrogens is 785 g/mol. The van der Waals surface area contributed by atoms with Crippen LogP contribution in [0.25, 0.3) is 62.3 Å².